The summed E-state index contributed by atoms with van der Waals surface area (Å²) in [6.45, 7) is 0. The molecule has 21 heavy (non-hydrogen) atoms. The molecule has 0 bridgehead atoms. The van der Waals surface area contributed by atoms with Crippen molar-refractivity contribution in [2.24, 2.45) is 5.73 Å². The molecule has 4 N–H and O–H groups in total. The molecule has 0 fully saturated rings. The van der Waals surface area contributed by atoms with E-state index >= 15 is 0 Å². The fraction of sp³-hybridized carbons (Fsp3) is 0.357. The van der Waals surface area contributed by atoms with Gasteiger partial charge in [0.05, 0.1) is 13.5 Å². The van der Waals surface area contributed by atoms with E-state index in [9.17, 15) is 14.4 Å². The largest absolute Gasteiger partial charge is 0.496 e. The van der Waals surface area contributed by atoms with Gasteiger partial charge in [0.25, 0.3) is 0 Å². The minimum absolute atomic E-state index is 0.0862. The zero-order valence-electron chi connectivity index (χ0n) is 11.7. The number of primary amides is 1. The number of nitrogens with one attached hydrogen (secondary N) is 1. The molecule has 0 saturated carbocycles. The number of methoxy groups -OCH3 is 1. The van der Waals surface area contributed by atoms with E-state index in [-0.39, 0.29) is 6.42 Å². The molecule has 2 amide bonds. The number of carbonyl (C=O) groups excluding carboxylic acids is 2. The highest BCUT2D eigenvalue weighted by molar-refractivity contribution is 5.88. The van der Waals surface area contributed by atoms with E-state index in [1.54, 1.807) is 6.07 Å². The lowest BCUT2D eigenvalue weighted by Gasteiger charge is -2.13. The van der Waals surface area contributed by atoms with Crippen LogP contribution in [0.3, 0.4) is 0 Å². The molecule has 1 unspecified atom stereocenters. The van der Waals surface area contributed by atoms with Crippen molar-refractivity contribution in [1.82, 2.24) is 5.32 Å². The third-order valence-electron chi connectivity index (χ3n) is 2.85. The van der Waals surface area contributed by atoms with Gasteiger partial charge in [0.15, 0.2) is 0 Å². The first-order valence-corrected chi connectivity index (χ1v) is 6.36. The summed E-state index contributed by atoms with van der Waals surface area (Å²) in [6.07, 6.45) is 0.0530. The molecule has 0 aliphatic rings. The van der Waals surface area contributed by atoms with Crippen LogP contribution in [0.25, 0.3) is 0 Å². The summed E-state index contributed by atoms with van der Waals surface area (Å²) < 4.78 is 5.16. The van der Waals surface area contributed by atoms with Crippen LogP contribution in [-0.2, 0) is 20.8 Å². The average molecular weight is 294 g/mol. The quantitative estimate of drug-likeness (QED) is 0.627. The minimum atomic E-state index is -1.30. The number of carboxylic acid groups (broad SMARTS) is 1. The van der Waals surface area contributed by atoms with Gasteiger partial charge in [-0.05, 0) is 18.1 Å². The molecule has 114 valence electrons. The highest BCUT2D eigenvalue weighted by atomic mass is 16.5. The van der Waals surface area contributed by atoms with E-state index in [4.69, 9.17) is 15.6 Å². The molecule has 1 rings (SSSR count). The van der Waals surface area contributed by atoms with Crippen LogP contribution in [-0.4, -0.2) is 36.0 Å². The van der Waals surface area contributed by atoms with Gasteiger partial charge in [0.1, 0.15) is 11.8 Å². The highest BCUT2D eigenvalue weighted by Crippen LogP contribution is 2.18. The third kappa shape index (κ3) is 5.52. The number of rotatable bonds is 8. The van der Waals surface area contributed by atoms with Gasteiger partial charge in [-0.2, -0.15) is 0 Å². The molecule has 0 spiro atoms. The van der Waals surface area contributed by atoms with Crippen LogP contribution in [0.2, 0.25) is 0 Å². The third-order valence-corrected chi connectivity index (χ3v) is 2.85. The van der Waals surface area contributed by atoms with Gasteiger partial charge >= 0.3 is 5.97 Å². The Labute approximate surface area is 122 Å². The van der Waals surface area contributed by atoms with Crippen LogP contribution in [0, 0.1) is 0 Å². The fourth-order valence-corrected chi connectivity index (χ4v) is 1.83. The number of hydrogen-bond acceptors (Lipinski definition) is 4. The van der Waals surface area contributed by atoms with Gasteiger partial charge in [-0.15, -0.1) is 0 Å². The topological polar surface area (TPSA) is 119 Å². The summed E-state index contributed by atoms with van der Waals surface area (Å²) in [7, 11) is 1.53. The van der Waals surface area contributed by atoms with Crippen LogP contribution in [0.1, 0.15) is 18.4 Å². The second kappa shape index (κ2) is 7.88. The number of carbonyl (C=O) groups is 3. The Bertz CT molecular complexity index is 530. The molecule has 0 aliphatic heterocycles. The number of aliphatic carboxylic acids is 1. The predicted molar refractivity (Wildman–Crippen MR) is 74.7 cm³/mol. The summed E-state index contributed by atoms with van der Waals surface area (Å²) in [6, 6.07) is 5.94. The maximum atomic E-state index is 11.7. The monoisotopic (exact) mass is 294 g/mol. The zero-order valence-corrected chi connectivity index (χ0v) is 11.7. The first kappa shape index (κ1) is 16.5. The van der Waals surface area contributed by atoms with Crippen molar-refractivity contribution < 1.29 is 24.2 Å². The molecule has 0 aromatic heterocycles. The molecule has 1 aromatic rings. The molecular weight excluding hydrogens is 276 g/mol. The van der Waals surface area contributed by atoms with Crippen molar-refractivity contribution in [3.8, 4) is 5.75 Å². The SMILES string of the molecule is COc1ccccc1CCC(=O)NC(CC(N)=O)C(=O)O. The molecule has 0 aliphatic carbocycles. The Balaban J connectivity index is 2.56. The molecular formula is C14H18N2O5. The molecule has 0 radical (unpaired) electrons. The standard InChI is InChI=1S/C14H18N2O5/c1-21-11-5-3-2-4-9(11)6-7-13(18)16-10(14(19)20)8-12(15)17/h2-5,10H,6-8H2,1H3,(H2,15,17)(H,16,18)(H,19,20). The van der Waals surface area contributed by atoms with Crippen molar-refractivity contribution >= 4 is 17.8 Å². The van der Waals surface area contributed by atoms with Crippen molar-refractivity contribution in [3.63, 3.8) is 0 Å². The van der Waals surface area contributed by atoms with E-state index in [1.807, 2.05) is 18.2 Å². The minimum Gasteiger partial charge on any atom is -0.496 e. The lowest BCUT2D eigenvalue weighted by molar-refractivity contribution is -0.143. The lowest BCUT2D eigenvalue weighted by atomic mass is 10.1. The number of nitrogens with two attached hydrogens (primary N) is 1. The maximum absolute atomic E-state index is 11.7. The van der Waals surface area contributed by atoms with E-state index < -0.39 is 30.2 Å². The smallest absolute Gasteiger partial charge is 0.326 e. The van der Waals surface area contributed by atoms with Crippen molar-refractivity contribution in [2.75, 3.05) is 7.11 Å². The van der Waals surface area contributed by atoms with Crippen molar-refractivity contribution in [1.29, 1.82) is 0 Å². The lowest BCUT2D eigenvalue weighted by Crippen LogP contribution is -2.43. The Hall–Kier alpha value is -2.57. The van der Waals surface area contributed by atoms with Crippen LogP contribution in [0.15, 0.2) is 24.3 Å². The van der Waals surface area contributed by atoms with Gasteiger partial charge in [0.2, 0.25) is 11.8 Å². The summed E-state index contributed by atoms with van der Waals surface area (Å²) in [5, 5.41) is 11.2. The van der Waals surface area contributed by atoms with Gasteiger partial charge in [-0.1, -0.05) is 18.2 Å². The average Bonchev–Trinajstić information content (AvgIpc) is 2.44. The summed E-state index contributed by atoms with van der Waals surface area (Å²) in [5.41, 5.74) is 5.78. The van der Waals surface area contributed by atoms with Crippen LogP contribution >= 0.6 is 0 Å². The van der Waals surface area contributed by atoms with Crippen molar-refractivity contribution in [2.45, 2.75) is 25.3 Å². The first-order valence-electron chi connectivity index (χ1n) is 6.36. The maximum Gasteiger partial charge on any atom is 0.326 e. The van der Waals surface area contributed by atoms with E-state index in [2.05, 4.69) is 5.32 Å². The number of ether oxygens (including phenoxy) is 1. The van der Waals surface area contributed by atoms with Gasteiger partial charge < -0.3 is 20.9 Å². The number of carboxylic acids is 1. The number of hydrogen-bond donors (Lipinski definition) is 3. The second-order valence-corrected chi connectivity index (χ2v) is 4.44. The van der Waals surface area contributed by atoms with E-state index in [0.717, 1.165) is 5.56 Å². The number of amides is 2. The number of para-hydroxylation sites is 1. The van der Waals surface area contributed by atoms with E-state index in [0.29, 0.717) is 12.2 Å². The Morgan fingerprint density at radius 2 is 2.00 bits per heavy atom. The first-order chi connectivity index (χ1) is 9.93. The molecule has 0 saturated heterocycles. The molecule has 1 atom stereocenters. The number of aryl methyl sites for hydroxylation is 1. The summed E-state index contributed by atoms with van der Waals surface area (Å²) in [4.78, 5) is 33.4. The number of benzene rings is 1. The Morgan fingerprint density at radius 1 is 1.33 bits per heavy atom. The Morgan fingerprint density at radius 3 is 2.57 bits per heavy atom. The van der Waals surface area contributed by atoms with Crippen LogP contribution in [0.4, 0.5) is 0 Å². The molecule has 7 nitrogen and oxygen atoms in total. The van der Waals surface area contributed by atoms with E-state index in [1.165, 1.54) is 7.11 Å². The molecule has 1 aromatic carbocycles. The molecule has 7 heteroatoms. The second-order valence-electron chi connectivity index (χ2n) is 4.44. The van der Waals surface area contributed by atoms with Gasteiger partial charge in [-0.25, -0.2) is 4.79 Å². The zero-order chi connectivity index (χ0) is 15.8. The molecule has 0 heterocycles. The summed E-state index contributed by atoms with van der Waals surface area (Å²) >= 11 is 0. The van der Waals surface area contributed by atoms with Crippen molar-refractivity contribution in [3.05, 3.63) is 29.8 Å². The predicted octanol–water partition coefficient (Wildman–Crippen LogP) is 0.0726. The normalized spacial score (nSPS) is 11.5. The summed E-state index contributed by atoms with van der Waals surface area (Å²) in [5.74, 6) is -1.88. The van der Waals surface area contributed by atoms with Gasteiger partial charge in [0, 0.05) is 6.42 Å². The van der Waals surface area contributed by atoms with Crippen LogP contribution in [0.5, 0.6) is 5.75 Å². The Kier molecular flexibility index (Phi) is 6.19. The highest BCUT2D eigenvalue weighted by Gasteiger charge is 2.21. The fourth-order valence-electron chi connectivity index (χ4n) is 1.83. The van der Waals surface area contributed by atoms with Gasteiger partial charge in [-0.3, -0.25) is 9.59 Å². The van der Waals surface area contributed by atoms with Crippen LogP contribution < -0.4 is 15.8 Å².